The molecule has 0 amide bonds. The summed E-state index contributed by atoms with van der Waals surface area (Å²) in [7, 11) is 2.91. The summed E-state index contributed by atoms with van der Waals surface area (Å²) in [4.78, 5) is 10.8. The van der Waals surface area contributed by atoms with Gasteiger partial charge in [0.05, 0.1) is 11.0 Å². The smallest absolute Gasteiger partial charge is 0.252 e. The van der Waals surface area contributed by atoms with Crippen molar-refractivity contribution in [2.75, 3.05) is 0 Å². The first kappa shape index (κ1) is 41.1. The molecule has 5 heteroatoms. The number of pyridine rings is 2. The van der Waals surface area contributed by atoms with Crippen LogP contribution < -0.4 is 0 Å². The third-order valence-corrected chi connectivity index (χ3v) is 14.4. The van der Waals surface area contributed by atoms with Crippen LogP contribution in [0, 0.1) is 0 Å². The molecule has 0 fully saturated rings. The Morgan fingerprint density at radius 1 is 0.627 bits per heavy atom. The van der Waals surface area contributed by atoms with Gasteiger partial charge in [0.1, 0.15) is 0 Å². The molecule has 0 bridgehead atoms. The molecular formula is C46H58FeN2P2. The molecule has 0 saturated carbocycles. The fourth-order valence-electron chi connectivity index (χ4n) is 7.50. The Labute approximate surface area is 322 Å². The molecule has 0 radical (unpaired) electrons. The van der Waals surface area contributed by atoms with Crippen LogP contribution in [0.25, 0.3) is 21.8 Å². The molecule has 0 N–H and O–H groups in total. The van der Waals surface area contributed by atoms with E-state index < -0.39 is 13.1 Å². The van der Waals surface area contributed by atoms with E-state index >= 15 is 0 Å². The van der Waals surface area contributed by atoms with Crippen LogP contribution in [0.1, 0.15) is 117 Å². The molecule has 51 heavy (non-hydrogen) atoms. The molecule has 6 rings (SSSR count). The number of hydrogen-bond acceptors (Lipinski definition) is 2. The topological polar surface area (TPSA) is 25.8 Å². The molecule has 6 aromatic rings. The number of benzene rings is 2. The summed E-state index contributed by atoms with van der Waals surface area (Å²) in [5.41, 5.74) is 9.73. The van der Waals surface area contributed by atoms with Crippen molar-refractivity contribution in [1.29, 1.82) is 0 Å². The summed E-state index contributed by atoms with van der Waals surface area (Å²) in [5.74, 6) is 0. The van der Waals surface area contributed by atoms with Crippen LogP contribution in [0.2, 0.25) is 0 Å². The molecule has 2 nitrogen and oxygen atoms in total. The van der Waals surface area contributed by atoms with Crippen molar-refractivity contribution in [3.63, 3.8) is 0 Å². The van der Waals surface area contributed by atoms with Crippen molar-refractivity contribution in [2.45, 2.75) is 116 Å². The molecule has 4 aromatic carbocycles. The van der Waals surface area contributed by atoms with Crippen LogP contribution >= 0.6 is 17.2 Å². The summed E-state index contributed by atoms with van der Waals surface area (Å²) in [6.07, 6.45) is 1.05. The van der Waals surface area contributed by atoms with E-state index in [0.29, 0.717) is 0 Å². The first-order valence-electron chi connectivity index (χ1n) is 18.0. The first-order valence-corrected chi connectivity index (χ1v) is 20.1. The monoisotopic (exact) mass is 756 g/mol. The van der Waals surface area contributed by atoms with E-state index in [2.05, 4.69) is 171 Å². The Kier molecular flexibility index (Phi) is 12.4. The van der Waals surface area contributed by atoms with Crippen LogP contribution in [0.5, 0.6) is 0 Å². The largest absolute Gasteiger partial charge is 2.00 e. The van der Waals surface area contributed by atoms with Gasteiger partial charge in [0.2, 0.25) is 0 Å². The minimum atomic E-state index is -0.649. The Morgan fingerprint density at radius 3 is 1.45 bits per heavy atom. The number of aromatic nitrogens is 2. The van der Waals surface area contributed by atoms with Gasteiger partial charge in [-0.3, -0.25) is 9.97 Å². The molecule has 270 valence electrons. The normalized spacial score (nSPS) is 12.9. The number of nitrogens with zero attached hydrogens (tertiary/aromatic N) is 2. The van der Waals surface area contributed by atoms with Crippen molar-refractivity contribution in [1.82, 2.24) is 9.97 Å². The number of hydrogen-bond donors (Lipinski definition) is 0. The third kappa shape index (κ3) is 8.94. The summed E-state index contributed by atoms with van der Waals surface area (Å²) >= 11 is 0. The molecule has 0 saturated heterocycles. The quantitative estimate of drug-likeness (QED) is 0.0994. The van der Waals surface area contributed by atoms with Crippen molar-refractivity contribution in [2.24, 2.45) is 0 Å². The van der Waals surface area contributed by atoms with Crippen LogP contribution in [0.4, 0.5) is 0 Å². The van der Waals surface area contributed by atoms with Gasteiger partial charge in [-0.15, -0.1) is 14.8 Å². The molecule has 1 unspecified atom stereocenters. The van der Waals surface area contributed by atoms with E-state index in [1.54, 1.807) is 0 Å². The zero-order valence-corrected chi connectivity index (χ0v) is 36.0. The second kappa shape index (κ2) is 15.4. The van der Waals surface area contributed by atoms with Gasteiger partial charge >= 0.3 is 17.1 Å². The van der Waals surface area contributed by atoms with Crippen molar-refractivity contribution in [3.8, 4) is 0 Å². The number of fused-ring (bicyclic) bond motifs is 2. The first-order chi connectivity index (χ1) is 23.2. The van der Waals surface area contributed by atoms with E-state index in [0.717, 1.165) is 39.4 Å². The maximum Gasteiger partial charge on any atom is 2.00 e. The van der Waals surface area contributed by atoms with Crippen LogP contribution in [0.15, 0.2) is 109 Å². The average molecular weight is 757 g/mol. The fraction of sp³-hybridized carbons (Fsp3) is 0.391. The van der Waals surface area contributed by atoms with Gasteiger partial charge in [-0.05, 0) is 46.2 Å². The predicted octanol–water partition coefficient (Wildman–Crippen LogP) is 13.2. The van der Waals surface area contributed by atoms with Crippen molar-refractivity contribution in [3.05, 3.63) is 143 Å². The Morgan fingerprint density at radius 2 is 1.08 bits per heavy atom. The zero-order chi connectivity index (χ0) is 36.7. The van der Waals surface area contributed by atoms with Gasteiger partial charge in [0.25, 0.3) is 0 Å². The van der Waals surface area contributed by atoms with E-state index in [4.69, 9.17) is 9.97 Å². The SMILES string of the molecule is CC(C)(C)c1cc(C(P)(c2ccc3ccccc3n2)c2ccc3ccccc3n2)c(CP(C(C)(C)C)C(C)(C)C)[c-]1C(C)(C)C.[Fe+2].c1cc[cH-]c1. The summed E-state index contributed by atoms with van der Waals surface area (Å²) in [6, 6.07) is 38.3. The van der Waals surface area contributed by atoms with Crippen LogP contribution in [0.3, 0.4) is 0 Å². The molecule has 0 aliphatic carbocycles. The third-order valence-electron chi connectivity index (χ3n) is 9.66. The van der Waals surface area contributed by atoms with E-state index in [9.17, 15) is 0 Å². The Bertz CT molecular complexity index is 1930. The minimum Gasteiger partial charge on any atom is -0.252 e. The standard InChI is InChI=1S/C41H53N2P2.C5H5.Fe/c1-37(2,3)31-25-30(29(36(31)38(4,5)6)26-45(39(7,8)9)40(10,11)12)41(44,34-23-21-27-17-13-15-19-32(27)42-34)35-24-22-28-18-14-16-20-33(28)43-35;1-2-4-5-3-1;/h13-25H,26,44H2,1-12H3;1-5H;/q2*-1;+2. The maximum absolute atomic E-state index is 5.41. The second-order valence-electron chi connectivity index (χ2n) is 17.8. The average Bonchev–Trinajstić information content (AvgIpc) is 3.74. The van der Waals surface area contributed by atoms with Gasteiger partial charge in [-0.25, -0.2) is 18.2 Å². The molecule has 2 aromatic heterocycles. The maximum atomic E-state index is 5.41. The fourth-order valence-corrected chi connectivity index (χ4v) is 11.7. The van der Waals surface area contributed by atoms with Gasteiger partial charge in [-0.1, -0.05) is 145 Å². The molecule has 2 heterocycles. The molecule has 0 aliphatic rings. The second-order valence-corrected chi connectivity index (χ2v) is 22.5. The van der Waals surface area contributed by atoms with Gasteiger partial charge in [0, 0.05) is 27.3 Å². The minimum absolute atomic E-state index is 0. The predicted molar refractivity (Wildman–Crippen MR) is 225 cm³/mol. The van der Waals surface area contributed by atoms with Gasteiger partial charge < -0.3 is 0 Å². The number of para-hydroxylation sites is 2. The Balaban J connectivity index is 0.000000894. The molecule has 0 aliphatic heterocycles. The van der Waals surface area contributed by atoms with E-state index in [1.165, 1.54) is 22.3 Å². The van der Waals surface area contributed by atoms with Crippen molar-refractivity contribution < 1.29 is 17.1 Å². The van der Waals surface area contributed by atoms with Crippen LogP contribution in [-0.4, -0.2) is 20.3 Å². The van der Waals surface area contributed by atoms with Gasteiger partial charge in [0.15, 0.2) is 0 Å². The molecular weight excluding hydrogens is 698 g/mol. The van der Waals surface area contributed by atoms with E-state index in [1.807, 2.05) is 30.3 Å². The van der Waals surface area contributed by atoms with Gasteiger partial charge in [-0.2, -0.15) is 34.9 Å². The van der Waals surface area contributed by atoms with Crippen LogP contribution in [-0.2, 0) is 39.2 Å². The Hall–Kier alpha value is -2.66. The zero-order valence-electron chi connectivity index (χ0n) is 32.9. The molecule has 1 atom stereocenters. The summed E-state index contributed by atoms with van der Waals surface area (Å²) in [5, 5.41) is 2.02. The molecule has 0 spiro atoms. The van der Waals surface area contributed by atoms with E-state index in [-0.39, 0.29) is 38.2 Å². The van der Waals surface area contributed by atoms with Crippen molar-refractivity contribution >= 4 is 39.0 Å². The summed E-state index contributed by atoms with van der Waals surface area (Å²) in [6.45, 7) is 29.0. The summed E-state index contributed by atoms with van der Waals surface area (Å²) < 4.78 is 0. The number of rotatable bonds is 5.